The SMILES string of the molecule is CC(C)(O)[C@H]1CC[C@H](SC#N)CC1. The van der Waals surface area contributed by atoms with Crippen LogP contribution in [-0.4, -0.2) is 16.0 Å². The lowest BCUT2D eigenvalue weighted by Gasteiger charge is -2.34. The number of nitriles is 1. The first-order valence-electron chi connectivity index (χ1n) is 4.81. The number of thioether (sulfide) groups is 1. The van der Waals surface area contributed by atoms with Crippen molar-refractivity contribution in [3.05, 3.63) is 0 Å². The summed E-state index contributed by atoms with van der Waals surface area (Å²) in [7, 11) is 0. The van der Waals surface area contributed by atoms with E-state index in [-0.39, 0.29) is 0 Å². The molecule has 1 rings (SSSR count). The zero-order valence-corrected chi connectivity index (χ0v) is 9.10. The molecule has 0 aromatic heterocycles. The molecule has 0 aromatic rings. The van der Waals surface area contributed by atoms with Crippen molar-refractivity contribution >= 4 is 11.8 Å². The van der Waals surface area contributed by atoms with E-state index >= 15 is 0 Å². The zero-order valence-electron chi connectivity index (χ0n) is 8.29. The van der Waals surface area contributed by atoms with Crippen molar-refractivity contribution in [3.8, 4) is 5.40 Å². The van der Waals surface area contributed by atoms with Crippen LogP contribution in [0.1, 0.15) is 39.5 Å². The molecule has 1 aliphatic rings. The minimum Gasteiger partial charge on any atom is -0.390 e. The first-order valence-corrected chi connectivity index (χ1v) is 5.69. The smallest absolute Gasteiger partial charge is 0.133 e. The number of thiocyanates is 1. The lowest BCUT2D eigenvalue weighted by Crippen LogP contribution is -2.34. The topological polar surface area (TPSA) is 44.0 Å². The highest BCUT2D eigenvalue weighted by atomic mass is 32.2. The summed E-state index contributed by atoms with van der Waals surface area (Å²) in [5, 5.41) is 20.9. The molecule has 0 spiro atoms. The molecule has 0 radical (unpaired) electrons. The third-order valence-electron chi connectivity index (χ3n) is 2.89. The molecule has 0 heterocycles. The van der Waals surface area contributed by atoms with Gasteiger partial charge in [-0.15, -0.1) is 0 Å². The fourth-order valence-electron chi connectivity index (χ4n) is 1.96. The number of aliphatic hydroxyl groups is 1. The summed E-state index contributed by atoms with van der Waals surface area (Å²) in [6.45, 7) is 3.77. The van der Waals surface area contributed by atoms with Crippen molar-refractivity contribution in [1.82, 2.24) is 0 Å². The second kappa shape index (κ2) is 4.34. The van der Waals surface area contributed by atoms with Crippen molar-refractivity contribution < 1.29 is 5.11 Å². The molecule has 1 aliphatic carbocycles. The Morgan fingerprint density at radius 3 is 2.23 bits per heavy atom. The molecule has 1 N–H and O–H groups in total. The van der Waals surface area contributed by atoms with Crippen LogP contribution in [0.25, 0.3) is 0 Å². The Kier molecular flexibility index (Phi) is 3.63. The predicted octanol–water partition coefficient (Wildman–Crippen LogP) is 2.53. The summed E-state index contributed by atoms with van der Waals surface area (Å²) in [5.74, 6) is 0.419. The van der Waals surface area contributed by atoms with Crippen LogP contribution >= 0.6 is 11.8 Å². The fourth-order valence-corrected chi connectivity index (χ4v) is 2.62. The second-order valence-corrected chi connectivity index (χ2v) is 5.42. The molecule has 13 heavy (non-hydrogen) atoms. The Morgan fingerprint density at radius 1 is 1.31 bits per heavy atom. The van der Waals surface area contributed by atoms with Gasteiger partial charge < -0.3 is 5.11 Å². The van der Waals surface area contributed by atoms with Crippen molar-refractivity contribution in [1.29, 1.82) is 5.26 Å². The summed E-state index contributed by atoms with van der Waals surface area (Å²) in [6.07, 6.45) is 4.27. The average molecular weight is 199 g/mol. The van der Waals surface area contributed by atoms with E-state index in [1.807, 2.05) is 13.8 Å². The third kappa shape index (κ3) is 3.21. The molecule has 1 saturated carbocycles. The van der Waals surface area contributed by atoms with Crippen molar-refractivity contribution in [2.45, 2.75) is 50.4 Å². The Labute approximate surface area is 84.3 Å². The highest BCUT2D eigenvalue weighted by Gasteiger charge is 2.31. The van der Waals surface area contributed by atoms with Crippen LogP contribution in [0.3, 0.4) is 0 Å². The van der Waals surface area contributed by atoms with Crippen LogP contribution in [0, 0.1) is 16.6 Å². The lowest BCUT2D eigenvalue weighted by atomic mass is 9.79. The van der Waals surface area contributed by atoms with Gasteiger partial charge in [0.05, 0.1) is 5.60 Å². The Morgan fingerprint density at radius 2 is 1.85 bits per heavy atom. The Hall–Kier alpha value is -0.200. The summed E-state index contributed by atoms with van der Waals surface area (Å²) in [6, 6.07) is 0. The number of nitrogens with zero attached hydrogens (tertiary/aromatic N) is 1. The molecule has 0 aromatic carbocycles. The molecule has 0 atom stereocenters. The monoisotopic (exact) mass is 199 g/mol. The van der Waals surface area contributed by atoms with Gasteiger partial charge >= 0.3 is 0 Å². The second-order valence-electron chi connectivity index (χ2n) is 4.34. The molecular formula is C10H17NOS. The maximum atomic E-state index is 9.79. The van der Waals surface area contributed by atoms with Gasteiger partial charge in [0.2, 0.25) is 0 Å². The maximum Gasteiger partial charge on any atom is 0.133 e. The van der Waals surface area contributed by atoms with Gasteiger partial charge in [0, 0.05) is 5.25 Å². The van der Waals surface area contributed by atoms with E-state index in [1.165, 1.54) is 11.8 Å². The molecular weight excluding hydrogens is 182 g/mol. The van der Waals surface area contributed by atoms with E-state index in [1.54, 1.807) is 0 Å². The van der Waals surface area contributed by atoms with Gasteiger partial charge in [-0.25, -0.2) is 0 Å². The van der Waals surface area contributed by atoms with Crippen LogP contribution in [0.15, 0.2) is 0 Å². The van der Waals surface area contributed by atoms with E-state index in [9.17, 15) is 5.11 Å². The average Bonchev–Trinajstić information content (AvgIpc) is 2.04. The van der Waals surface area contributed by atoms with Crippen molar-refractivity contribution in [2.75, 3.05) is 0 Å². The van der Waals surface area contributed by atoms with Gasteiger partial charge in [-0.2, -0.15) is 5.26 Å². The van der Waals surface area contributed by atoms with Gasteiger partial charge in [0.25, 0.3) is 0 Å². The summed E-state index contributed by atoms with van der Waals surface area (Å²) in [4.78, 5) is 0. The summed E-state index contributed by atoms with van der Waals surface area (Å²) < 4.78 is 0. The van der Waals surface area contributed by atoms with Crippen molar-refractivity contribution in [2.24, 2.45) is 5.92 Å². The number of rotatable bonds is 2. The number of hydrogen-bond acceptors (Lipinski definition) is 3. The quantitative estimate of drug-likeness (QED) is 0.695. The predicted molar refractivity (Wildman–Crippen MR) is 55.2 cm³/mol. The van der Waals surface area contributed by atoms with Crippen LogP contribution in [0.5, 0.6) is 0 Å². The van der Waals surface area contributed by atoms with Gasteiger partial charge in [0.15, 0.2) is 0 Å². The van der Waals surface area contributed by atoms with Crippen molar-refractivity contribution in [3.63, 3.8) is 0 Å². The maximum absolute atomic E-state index is 9.79. The largest absolute Gasteiger partial charge is 0.390 e. The molecule has 0 aliphatic heterocycles. The third-order valence-corrected chi connectivity index (χ3v) is 3.80. The van der Waals surface area contributed by atoms with E-state index in [0.29, 0.717) is 11.2 Å². The van der Waals surface area contributed by atoms with Gasteiger partial charge in [0.1, 0.15) is 5.40 Å². The summed E-state index contributed by atoms with van der Waals surface area (Å²) >= 11 is 1.39. The molecule has 0 saturated heterocycles. The zero-order chi connectivity index (χ0) is 9.90. The molecule has 0 amide bonds. The first-order chi connectivity index (χ1) is 6.04. The molecule has 74 valence electrons. The molecule has 0 unspecified atom stereocenters. The minimum atomic E-state index is -0.539. The number of hydrogen-bond donors (Lipinski definition) is 1. The highest BCUT2D eigenvalue weighted by Crippen LogP contribution is 2.36. The fraction of sp³-hybridized carbons (Fsp3) is 0.900. The van der Waals surface area contributed by atoms with Crippen LogP contribution in [0.4, 0.5) is 0 Å². The van der Waals surface area contributed by atoms with Crippen LogP contribution in [0.2, 0.25) is 0 Å². The van der Waals surface area contributed by atoms with E-state index in [4.69, 9.17) is 5.26 Å². The first kappa shape index (κ1) is 10.9. The van der Waals surface area contributed by atoms with E-state index in [2.05, 4.69) is 5.40 Å². The van der Waals surface area contributed by atoms with E-state index < -0.39 is 5.60 Å². The van der Waals surface area contributed by atoms with Gasteiger partial charge in [-0.1, -0.05) is 0 Å². The normalized spacial score (nSPS) is 29.7. The molecule has 3 heteroatoms. The molecule has 2 nitrogen and oxygen atoms in total. The van der Waals surface area contributed by atoms with E-state index in [0.717, 1.165) is 25.7 Å². The van der Waals surface area contributed by atoms with Gasteiger partial charge in [-0.3, -0.25) is 0 Å². The minimum absolute atomic E-state index is 0.419. The molecule has 0 bridgehead atoms. The molecule has 1 fully saturated rings. The van der Waals surface area contributed by atoms with Gasteiger partial charge in [-0.05, 0) is 57.2 Å². The highest BCUT2D eigenvalue weighted by molar-refractivity contribution is 8.04. The standard InChI is InChI=1S/C10H17NOS/c1-10(2,12)8-3-5-9(6-4-8)13-7-11/h8-9,12H,3-6H2,1-2H3/t8-,9-. The van der Waals surface area contributed by atoms with Crippen LogP contribution in [-0.2, 0) is 0 Å². The van der Waals surface area contributed by atoms with Crippen LogP contribution < -0.4 is 0 Å². The lowest BCUT2D eigenvalue weighted by molar-refractivity contribution is 0.00157. The Bertz CT molecular complexity index is 196. The summed E-state index contributed by atoms with van der Waals surface area (Å²) in [5.41, 5.74) is -0.539. The Balaban J connectivity index is 2.36.